The van der Waals surface area contributed by atoms with Crippen molar-refractivity contribution >= 4 is 56.5 Å². The summed E-state index contributed by atoms with van der Waals surface area (Å²) in [7, 11) is 1.61. The van der Waals surface area contributed by atoms with Gasteiger partial charge in [-0.15, -0.1) is 11.3 Å². The van der Waals surface area contributed by atoms with Crippen LogP contribution in [0.3, 0.4) is 0 Å². The Morgan fingerprint density at radius 3 is 2.94 bits per heavy atom. The lowest BCUT2D eigenvalue weighted by molar-refractivity contribution is -0.115. The van der Waals surface area contributed by atoms with Gasteiger partial charge in [0.2, 0.25) is 5.91 Å². The summed E-state index contributed by atoms with van der Waals surface area (Å²) in [6.07, 6.45) is 4.20. The summed E-state index contributed by atoms with van der Waals surface area (Å²) in [5.74, 6) is -0.168. The summed E-state index contributed by atoms with van der Waals surface area (Å²) in [6, 6.07) is 5.40. The summed E-state index contributed by atoms with van der Waals surface area (Å²) in [6.45, 7) is 4.53. The molecule has 0 aliphatic heterocycles. The second-order valence-corrected chi connectivity index (χ2v) is 10.8. The maximum Gasteiger partial charge on any atom is 0.263 e. The summed E-state index contributed by atoms with van der Waals surface area (Å²) < 4.78 is 6.89. The van der Waals surface area contributed by atoms with Crippen LogP contribution in [0.25, 0.3) is 10.2 Å². The van der Waals surface area contributed by atoms with Crippen LogP contribution in [0.5, 0.6) is 0 Å². The lowest BCUT2D eigenvalue weighted by Gasteiger charge is -2.17. The van der Waals surface area contributed by atoms with Crippen molar-refractivity contribution < 1.29 is 9.53 Å². The molecule has 1 aliphatic carbocycles. The third-order valence-corrected chi connectivity index (χ3v) is 8.18. The summed E-state index contributed by atoms with van der Waals surface area (Å²) in [4.78, 5) is 33.3. The Bertz CT molecular complexity index is 1220. The number of thioether (sulfide) groups is 1. The van der Waals surface area contributed by atoms with Gasteiger partial charge < -0.3 is 10.1 Å². The molecule has 0 saturated heterocycles. The highest BCUT2D eigenvalue weighted by Crippen LogP contribution is 2.35. The van der Waals surface area contributed by atoms with Gasteiger partial charge in [0.1, 0.15) is 4.83 Å². The fourth-order valence-corrected chi connectivity index (χ4v) is 6.27. The number of thiophene rings is 1. The number of ether oxygens (including phenoxy) is 1. The number of rotatable bonds is 7. The van der Waals surface area contributed by atoms with Gasteiger partial charge in [0, 0.05) is 22.7 Å². The topological polar surface area (TPSA) is 73.2 Å². The highest BCUT2D eigenvalue weighted by molar-refractivity contribution is 8.00. The lowest BCUT2D eigenvalue weighted by Crippen LogP contribution is -2.28. The van der Waals surface area contributed by atoms with Crippen LogP contribution in [0.1, 0.15) is 35.8 Å². The van der Waals surface area contributed by atoms with Crippen molar-refractivity contribution in [3.8, 4) is 0 Å². The zero-order valence-corrected chi connectivity index (χ0v) is 20.8. The number of amides is 1. The van der Waals surface area contributed by atoms with E-state index in [-0.39, 0.29) is 11.5 Å². The Morgan fingerprint density at radius 1 is 1.38 bits per heavy atom. The first kappa shape index (κ1) is 23.3. The highest BCUT2D eigenvalue weighted by Gasteiger charge is 2.24. The van der Waals surface area contributed by atoms with Crippen molar-refractivity contribution in [2.75, 3.05) is 19.0 Å². The van der Waals surface area contributed by atoms with Crippen LogP contribution in [0.2, 0.25) is 5.02 Å². The second kappa shape index (κ2) is 9.95. The van der Waals surface area contributed by atoms with E-state index in [1.807, 2.05) is 19.9 Å². The number of hydrogen-bond acceptors (Lipinski definition) is 6. The number of aryl methyl sites for hydroxylation is 3. The number of fused-ring (bicyclic) bond motifs is 3. The minimum Gasteiger partial charge on any atom is -0.383 e. The number of hydrogen-bond donors (Lipinski definition) is 1. The summed E-state index contributed by atoms with van der Waals surface area (Å²) in [5.41, 5.74) is 2.74. The molecule has 1 aliphatic rings. The molecule has 2 aromatic heterocycles. The maximum atomic E-state index is 13.5. The van der Waals surface area contributed by atoms with Gasteiger partial charge in [0.05, 0.1) is 23.8 Å². The number of carbonyl (C=O) groups excluding carboxylic acids is 1. The van der Waals surface area contributed by atoms with Crippen LogP contribution >= 0.6 is 34.7 Å². The third-order valence-electron chi connectivity index (χ3n) is 5.67. The molecular formula is C23H26ClN3O3S2. The highest BCUT2D eigenvalue weighted by atomic mass is 35.5. The van der Waals surface area contributed by atoms with Crippen molar-refractivity contribution in [3.05, 3.63) is 49.6 Å². The van der Waals surface area contributed by atoms with Crippen LogP contribution in [-0.2, 0) is 28.9 Å². The normalized spacial score (nSPS) is 14.4. The molecule has 170 valence electrons. The molecule has 0 saturated carbocycles. The second-order valence-electron chi connectivity index (χ2n) is 7.94. The predicted molar refractivity (Wildman–Crippen MR) is 133 cm³/mol. The average molecular weight is 492 g/mol. The lowest BCUT2D eigenvalue weighted by atomic mass is 9.97. The predicted octanol–water partition coefficient (Wildman–Crippen LogP) is 5.06. The van der Waals surface area contributed by atoms with E-state index in [0.29, 0.717) is 29.0 Å². The molecule has 3 aromatic rings. The molecule has 0 fully saturated rings. The van der Waals surface area contributed by atoms with Crippen LogP contribution in [-0.4, -0.2) is 34.4 Å². The van der Waals surface area contributed by atoms with Crippen molar-refractivity contribution in [2.45, 2.75) is 56.5 Å². The monoisotopic (exact) mass is 491 g/mol. The van der Waals surface area contributed by atoms with Gasteiger partial charge in [-0.2, -0.15) is 0 Å². The third kappa shape index (κ3) is 4.73. The van der Waals surface area contributed by atoms with Crippen LogP contribution in [0.4, 0.5) is 5.69 Å². The van der Waals surface area contributed by atoms with Gasteiger partial charge in [0.25, 0.3) is 5.56 Å². The fraction of sp³-hybridized carbons (Fsp3) is 0.435. The van der Waals surface area contributed by atoms with Gasteiger partial charge in [-0.25, -0.2) is 4.98 Å². The molecule has 0 spiro atoms. The van der Waals surface area contributed by atoms with E-state index < -0.39 is 5.25 Å². The molecule has 1 N–H and O–H groups in total. The number of nitrogens with one attached hydrogen (secondary N) is 1. The summed E-state index contributed by atoms with van der Waals surface area (Å²) in [5, 5.41) is 4.34. The molecule has 6 nitrogen and oxygen atoms in total. The Balaban J connectivity index is 1.65. The van der Waals surface area contributed by atoms with Crippen molar-refractivity contribution in [1.29, 1.82) is 0 Å². The molecule has 2 heterocycles. The van der Waals surface area contributed by atoms with Gasteiger partial charge in [-0.1, -0.05) is 29.4 Å². The van der Waals surface area contributed by atoms with E-state index in [1.165, 1.54) is 22.2 Å². The summed E-state index contributed by atoms with van der Waals surface area (Å²) >= 11 is 8.99. The molecular weight excluding hydrogens is 466 g/mol. The Labute approximate surface area is 200 Å². The van der Waals surface area contributed by atoms with Gasteiger partial charge in [0.15, 0.2) is 5.16 Å². The molecule has 0 bridgehead atoms. The van der Waals surface area contributed by atoms with Crippen molar-refractivity contribution in [3.63, 3.8) is 0 Å². The smallest absolute Gasteiger partial charge is 0.263 e. The Morgan fingerprint density at radius 2 is 2.16 bits per heavy atom. The number of aromatic nitrogens is 2. The number of anilines is 1. The quantitative estimate of drug-likeness (QED) is 0.369. The van der Waals surface area contributed by atoms with Gasteiger partial charge in [-0.05, 0) is 62.8 Å². The molecule has 1 unspecified atom stereocenters. The zero-order chi connectivity index (χ0) is 22.8. The average Bonchev–Trinajstić information content (AvgIpc) is 3.14. The molecule has 1 atom stereocenters. The number of benzene rings is 1. The van der Waals surface area contributed by atoms with Crippen molar-refractivity contribution in [1.82, 2.24) is 9.55 Å². The van der Waals surface area contributed by atoms with E-state index in [4.69, 9.17) is 21.3 Å². The molecule has 4 rings (SSSR count). The minimum absolute atomic E-state index is 0.0350. The Kier molecular flexibility index (Phi) is 7.24. The number of carbonyl (C=O) groups is 1. The van der Waals surface area contributed by atoms with Crippen LogP contribution in [0, 0.1) is 6.92 Å². The minimum atomic E-state index is -0.457. The standard InChI is InChI=1S/C23H26ClN3O3S2/c1-13-8-9-15(24)12-17(13)25-20(28)14(2)31-23-26-21-19(22(29)27(23)10-11-30-3)16-6-4-5-7-18(16)32-21/h8-9,12,14H,4-7,10-11H2,1-3H3,(H,25,28). The van der Waals surface area contributed by atoms with Gasteiger partial charge >= 0.3 is 0 Å². The molecule has 0 radical (unpaired) electrons. The first-order valence-corrected chi connectivity index (χ1v) is 12.7. The van der Waals surface area contributed by atoms with E-state index >= 15 is 0 Å². The first-order valence-electron chi connectivity index (χ1n) is 10.7. The van der Waals surface area contributed by atoms with Crippen LogP contribution in [0.15, 0.2) is 28.2 Å². The maximum absolute atomic E-state index is 13.5. The zero-order valence-electron chi connectivity index (χ0n) is 18.4. The molecule has 32 heavy (non-hydrogen) atoms. The van der Waals surface area contributed by atoms with Crippen molar-refractivity contribution in [2.24, 2.45) is 0 Å². The van der Waals surface area contributed by atoms with E-state index in [0.717, 1.165) is 41.5 Å². The number of halogens is 1. The first-order chi connectivity index (χ1) is 15.4. The number of nitrogens with zero attached hydrogens (tertiary/aromatic N) is 2. The largest absolute Gasteiger partial charge is 0.383 e. The molecule has 9 heteroatoms. The van der Waals surface area contributed by atoms with E-state index in [1.54, 1.807) is 35.1 Å². The molecule has 1 aromatic carbocycles. The van der Waals surface area contributed by atoms with E-state index in [2.05, 4.69) is 5.32 Å². The Hall–Kier alpha value is -1.87. The van der Waals surface area contributed by atoms with Gasteiger partial charge in [-0.3, -0.25) is 14.2 Å². The number of methoxy groups -OCH3 is 1. The molecule has 1 amide bonds. The fourth-order valence-electron chi connectivity index (χ4n) is 3.86. The van der Waals surface area contributed by atoms with Crippen LogP contribution < -0.4 is 10.9 Å². The SMILES string of the molecule is COCCn1c(SC(C)C(=O)Nc2cc(Cl)ccc2C)nc2sc3c(c2c1=O)CCCC3. The van der Waals surface area contributed by atoms with E-state index in [9.17, 15) is 9.59 Å².